The monoisotopic (exact) mass is 275 g/mol. The van der Waals surface area contributed by atoms with Crippen molar-refractivity contribution in [1.82, 2.24) is 14.8 Å². The minimum absolute atomic E-state index is 0.134. The van der Waals surface area contributed by atoms with Crippen LogP contribution < -0.4 is 0 Å². The molecule has 0 saturated carbocycles. The molecule has 0 aromatic carbocycles. The highest BCUT2D eigenvalue weighted by molar-refractivity contribution is 5.95. The minimum Gasteiger partial charge on any atom is -0.333 e. The number of aryl methyl sites for hydroxylation is 1. The second-order valence-corrected chi connectivity index (χ2v) is 6.18. The molecule has 1 unspecified atom stereocenters. The van der Waals surface area contributed by atoms with Gasteiger partial charge >= 0.3 is 0 Å². The molecule has 1 aliphatic heterocycles. The Bertz CT molecular complexity index is 471. The number of carbonyl (C=O) groups is 1. The summed E-state index contributed by atoms with van der Waals surface area (Å²) < 4.78 is 0. The standard InChI is InChI=1S/C16H25N3O/c1-12(2)10-14-11-18(4)8-9-19(14)16(20)15-6-5-7-17-13(15)3/h5-7,12,14H,8-11H2,1-4H3. The summed E-state index contributed by atoms with van der Waals surface area (Å²) in [5.41, 5.74) is 1.56. The van der Waals surface area contributed by atoms with Crippen LogP contribution in [-0.2, 0) is 0 Å². The molecule has 2 rings (SSSR count). The van der Waals surface area contributed by atoms with Gasteiger partial charge in [0.05, 0.1) is 5.56 Å². The maximum atomic E-state index is 12.8. The fraction of sp³-hybridized carbons (Fsp3) is 0.625. The lowest BCUT2D eigenvalue weighted by Crippen LogP contribution is -2.54. The molecule has 1 aromatic rings. The van der Waals surface area contributed by atoms with Crippen molar-refractivity contribution in [3.63, 3.8) is 0 Å². The van der Waals surface area contributed by atoms with Gasteiger partial charge in [-0.05, 0) is 38.4 Å². The Labute approximate surface area is 121 Å². The highest BCUT2D eigenvalue weighted by atomic mass is 16.2. The molecule has 110 valence electrons. The number of likely N-dealkylation sites (N-methyl/N-ethyl adjacent to an activating group) is 1. The zero-order valence-electron chi connectivity index (χ0n) is 13.0. The van der Waals surface area contributed by atoms with Gasteiger partial charge in [-0.25, -0.2) is 0 Å². The Kier molecular flexibility index (Phi) is 4.76. The molecule has 0 spiro atoms. The van der Waals surface area contributed by atoms with Gasteiger partial charge in [0.1, 0.15) is 0 Å². The van der Waals surface area contributed by atoms with E-state index in [9.17, 15) is 4.79 Å². The predicted molar refractivity (Wildman–Crippen MR) is 80.8 cm³/mol. The van der Waals surface area contributed by atoms with Crippen molar-refractivity contribution in [3.8, 4) is 0 Å². The van der Waals surface area contributed by atoms with Gasteiger partial charge in [0.25, 0.3) is 5.91 Å². The first-order valence-corrected chi connectivity index (χ1v) is 7.40. The molecule has 1 saturated heterocycles. The van der Waals surface area contributed by atoms with Crippen LogP contribution in [0.3, 0.4) is 0 Å². The summed E-state index contributed by atoms with van der Waals surface area (Å²) in [6.45, 7) is 9.05. The minimum atomic E-state index is 0.134. The first-order chi connectivity index (χ1) is 9.49. The molecular formula is C16H25N3O. The second-order valence-electron chi connectivity index (χ2n) is 6.18. The van der Waals surface area contributed by atoms with Crippen molar-refractivity contribution >= 4 is 5.91 Å². The van der Waals surface area contributed by atoms with Crippen LogP contribution in [0.15, 0.2) is 18.3 Å². The molecule has 4 heteroatoms. The average Bonchev–Trinajstić information content (AvgIpc) is 2.38. The van der Waals surface area contributed by atoms with Crippen LogP contribution in [0.25, 0.3) is 0 Å². The maximum absolute atomic E-state index is 12.8. The van der Waals surface area contributed by atoms with Crippen LogP contribution in [-0.4, -0.2) is 53.4 Å². The molecule has 0 aliphatic carbocycles. The van der Waals surface area contributed by atoms with E-state index in [1.165, 1.54) is 0 Å². The fourth-order valence-corrected chi connectivity index (χ4v) is 2.89. The lowest BCUT2D eigenvalue weighted by Gasteiger charge is -2.41. The van der Waals surface area contributed by atoms with Gasteiger partial charge in [-0.15, -0.1) is 0 Å². The maximum Gasteiger partial charge on any atom is 0.256 e. The van der Waals surface area contributed by atoms with E-state index < -0.39 is 0 Å². The predicted octanol–water partition coefficient (Wildman–Crippen LogP) is 2.19. The first kappa shape index (κ1) is 15.0. The van der Waals surface area contributed by atoms with E-state index in [1.807, 2.05) is 24.0 Å². The summed E-state index contributed by atoms with van der Waals surface area (Å²) in [5, 5.41) is 0. The molecule has 20 heavy (non-hydrogen) atoms. The molecule has 1 aromatic heterocycles. The molecule has 4 nitrogen and oxygen atoms in total. The van der Waals surface area contributed by atoms with Crippen LogP contribution in [0, 0.1) is 12.8 Å². The van der Waals surface area contributed by atoms with Crippen LogP contribution in [0.5, 0.6) is 0 Å². The summed E-state index contributed by atoms with van der Waals surface area (Å²) in [6.07, 6.45) is 2.79. The molecule has 1 fully saturated rings. The average molecular weight is 275 g/mol. The molecule has 0 bridgehead atoms. The third-order valence-corrected chi connectivity index (χ3v) is 3.93. The number of rotatable bonds is 3. The Morgan fingerprint density at radius 2 is 2.20 bits per heavy atom. The number of amides is 1. The van der Waals surface area contributed by atoms with Crippen molar-refractivity contribution < 1.29 is 4.79 Å². The van der Waals surface area contributed by atoms with E-state index in [4.69, 9.17) is 0 Å². The van der Waals surface area contributed by atoms with Crippen molar-refractivity contribution in [2.24, 2.45) is 5.92 Å². The van der Waals surface area contributed by atoms with Gasteiger partial charge in [0.15, 0.2) is 0 Å². The number of carbonyl (C=O) groups excluding carboxylic acids is 1. The van der Waals surface area contributed by atoms with E-state index in [2.05, 4.69) is 30.8 Å². The molecule has 1 aliphatic rings. The van der Waals surface area contributed by atoms with Gasteiger partial charge in [0.2, 0.25) is 0 Å². The van der Waals surface area contributed by atoms with E-state index in [1.54, 1.807) is 6.20 Å². The molecule has 0 N–H and O–H groups in total. The van der Waals surface area contributed by atoms with Crippen LogP contribution in [0.4, 0.5) is 0 Å². The van der Waals surface area contributed by atoms with E-state index in [0.717, 1.165) is 37.3 Å². The SMILES string of the molecule is Cc1ncccc1C(=O)N1CCN(C)CC1CC(C)C. The summed E-state index contributed by atoms with van der Waals surface area (Å²) in [4.78, 5) is 21.4. The van der Waals surface area contributed by atoms with Crippen molar-refractivity contribution in [2.75, 3.05) is 26.7 Å². The third-order valence-electron chi connectivity index (χ3n) is 3.93. The van der Waals surface area contributed by atoms with E-state index >= 15 is 0 Å². The molecule has 0 radical (unpaired) electrons. The summed E-state index contributed by atoms with van der Waals surface area (Å²) in [6, 6.07) is 4.03. The van der Waals surface area contributed by atoms with Gasteiger partial charge in [-0.2, -0.15) is 0 Å². The Morgan fingerprint density at radius 1 is 1.45 bits per heavy atom. The van der Waals surface area contributed by atoms with Gasteiger partial charge < -0.3 is 9.80 Å². The number of hydrogen-bond donors (Lipinski definition) is 0. The van der Waals surface area contributed by atoms with Crippen molar-refractivity contribution in [2.45, 2.75) is 33.2 Å². The molecule has 1 amide bonds. The number of nitrogens with zero attached hydrogens (tertiary/aromatic N) is 3. The third kappa shape index (κ3) is 3.37. The quantitative estimate of drug-likeness (QED) is 0.848. The summed E-state index contributed by atoms with van der Waals surface area (Å²) in [7, 11) is 2.13. The van der Waals surface area contributed by atoms with E-state index in [0.29, 0.717) is 12.0 Å². The first-order valence-electron chi connectivity index (χ1n) is 7.40. The zero-order chi connectivity index (χ0) is 14.7. The zero-order valence-corrected chi connectivity index (χ0v) is 13.0. The Balaban J connectivity index is 2.20. The summed E-state index contributed by atoms with van der Waals surface area (Å²) >= 11 is 0. The number of pyridine rings is 1. The fourth-order valence-electron chi connectivity index (χ4n) is 2.89. The lowest BCUT2D eigenvalue weighted by atomic mass is 9.99. The number of piperazine rings is 1. The van der Waals surface area contributed by atoms with Crippen LogP contribution in [0.1, 0.15) is 36.3 Å². The highest BCUT2D eigenvalue weighted by Crippen LogP contribution is 2.20. The van der Waals surface area contributed by atoms with Gasteiger partial charge in [0, 0.05) is 37.6 Å². The largest absolute Gasteiger partial charge is 0.333 e. The van der Waals surface area contributed by atoms with Gasteiger partial charge in [-0.1, -0.05) is 13.8 Å². The Morgan fingerprint density at radius 3 is 2.85 bits per heavy atom. The lowest BCUT2D eigenvalue weighted by molar-refractivity contribution is 0.0459. The van der Waals surface area contributed by atoms with Gasteiger partial charge in [-0.3, -0.25) is 9.78 Å². The summed E-state index contributed by atoms with van der Waals surface area (Å²) in [5.74, 6) is 0.728. The van der Waals surface area contributed by atoms with Crippen molar-refractivity contribution in [3.05, 3.63) is 29.6 Å². The topological polar surface area (TPSA) is 36.4 Å². The van der Waals surface area contributed by atoms with E-state index in [-0.39, 0.29) is 5.91 Å². The molecular weight excluding hydrogens is 250 g/mol. The molecule has 1 atom stereocenters. The van der Waals surface area contributed by atoms with Crippen molar-refractivity contribution in [1.29, 1.82) is 0 Å². The van der Waals surface area contributed by atoms with Crippen LogP contribution >= 0.6 is 0 Å². The normalized spacial score (nSPS) is 20.4. The highest BCUT2D eigenvalue weighted by Gasteiger charge is 2.30. The second kappa shape index (κ2) is 6.35. The Hall–Kier alpha value is -1.42. The smallest absolute Gasteiger partial charge is 0.256 e. The van der Waals surface area contributed by atoms with Crippen LogP contribution in [0.2, 0.25) is 0 Å². The number of aromatic nitrogens is 1. The molecule has 2 heterocycles. The number of hydrogen-bond acceptors (Lipinski definition) is 3.